The molecule has 1 N–H and O–H groups in total. The molecule has 5 heteroatoms. The van der Waals surface area contributed by atoms with Gasteiger partial charge in [-0.3, -0.25) is 4.79 Å². The van der Waals surface area contributed by atoms with Crippen LogP contribution in [0.2, 0.25) is 0 Å². The molecular weight excluding hydrogens is 294 g/mol. The van der Waals surface area contributed by atoms with Gasteiger partial charge in [-0.25, -0.2) is 0 Å². The van der Waals surface area contributed by atoms with Crippen LogP contribution in [0.15, 0.2) is 42.5 Å². The maximum absolute atomic E-state index is 12.1. The Bertz CT molecular complexity index is 653. The Morgan fingerprint density at radius 2 is 1.61 bits per heavy atom. The summed E-state index contributed by atoms with van der Waals surface area (Å²) in [7, 11) is 4.80. The van der Waals surface area contributed by atoms with Crippen LogP contribution in [0.4, 0.5) is 0 Å². The second kappa shape index (κ2) is 8.08. The molecular formula is C18H21NO4. The summed E-state index contributed by atoms with van der Waals surface area (Å²) >= 11 is 0. The summed E-state index contributed by atoms with van der Waals surface area (Å²) in [6.07, 6.45) is 0.711. The topological polar surface area (TPSA) is 56.8 Å². The summed E-state index contributed by atoms with van der Waals surface area (Å²) in [5.74, 6) is 2.00. The van der Waals surface area contributed by atoms with Crippen molar-refractivity contribution in [3.05, 3.63) is 53.6 Å². The zero-order valence-corrected chi connectivity index (χ0v) is 13.6. The summed E-state index contributed by atoms with van der Waals surface area (Å²) in [6, 6.07) is 12.8. The van der Waals surface area contributed by atoms with Crippen LogP contribution >= 0.6 is 0 Å². The molecule has 2 rings (SSSR count). The van der Waals surface area contributed by atoms with Crippen molar-refractivity contribution in [2.24, 2.45) is 0 Å². The number of nitrogens with one attached hydrogen (secondary N) is 1. The van der Waals surface area contributed by atoms with Gasteiger partial charge in [0.1, 0.15) is 5.75 Å². The lowest BCUT2D eigenvalue weighted by Crippen LogP contribution is -2.25. The van der Waals surface area contributed by atoms with Crippen molar-refractivity contribution >= 4 is 5.91 Å². The Kier molecular flexibility index (Phi) is 5.86. The molecule has 0 aromatic heterocycles. The quantitative estimate of drug-likeness (QED) is 0.853. The van der Waals surface area contributed by atoms with Crippen molar-refractivity contribution in [2.45, 2.75) is 6.42 Å². The molecule has 0 bridgehead atoms. The third kappa shape index (κ3) is 4.39. The third-order valence-electron chi connectivity index (χ3n) is 3.50. The fraction of sp³-hybridized carbons (Fsp3) is 0.278. The molecule has 122 valence electrons. The maximum atomic E-state index is 12.1. The Morgan fingerprint density at radius 1 is 0.913 bits per heavy atom. The number of hydrogen-bond acceptors (Lipinski definition) is 4. The highest BCUT2D eigenvalue weighted by atomic mass is 16.5. The molecule has 0 aliphatic carbocycles. The molecule has 0 saturated carbocycles. The van der Waals surface area contributed by atoms with Crippen LogP contribution in [-0.4, -0.2) is 33.8 Å². The van der Waals surface area contributed by atoms with Crippen molar-refractivity contribution < 1.29 is 19.0 Å². The normalized spacial score (nSPS) is 10.0. The first kappa shape index (κ1) is 16.7. The van der Waals surface area contributed by atoms with Gasteiger partial charge in [0.05, 0.1) is 21.3 Å². The minimum Gasteiger partial charge on any atom is -0.497 e. The molecule has 0 saturated heterocycles. The number of hydrogen-bond donors (Lipinski definition) is 1. The van der Waals surface area contributed by atoms with E-state index in [2.05, 4.69) is 5.32 Å². The van der Waals surface area contributed by atoms with Crippen molar-refractivity contribution in [1.29, 1.82) is 0 Å². The van der Waals surface area contributed by atoms with E-state index in [4.69, 9.17) is 14.2 Å². The third-order valence-corrected chi connectivity index (χ3v) is 3.50. The highest BCUT2D eigenvalue weighted by Gasteiger charge is 2.07. The number of rotatable bonds is 7. The Morgan fingerprint density at radius 3 is 2.22 bits per heavy atom. The maximum Gasteiger partial charge on any atom is 0.251 e. The standard InChI is InChI=1S/C18H21NO4/c1-21-15-7-5-14(6-8-15)18(20)19-11-10-13-4-9-16(22-2)17(12-13)23-3/h4-9,12H,10-11H2,1-3H3,(H,19,20). The van der Waals surface area contributed by atoms with E-state index >= 15 is 0 Å². The largest absolute Gasteiger partial charge is 0.497 e. The SMILES string of the molecule is COc1ccc(C(=O)NCCc2ccc(OC)c(OC)c2)cc1. The first-order valence-corrected chi connectivity index (χ1v) is 7.31. The van der Waals surface area contributed by atoms with Gasteiger partial charge in [0.15, 0.2) is 11.5 Å². The van der Waals surface area contributed by atoms with E-state index in [1.165, 1.54) is 0 Å². The Balaban J connectivity index is 1.90. The molecule has 2 aromatic carbocycles. The number of carbonyl (C=O) groups excluding carboxylic acids is 1. The first-order valence-electron chi connectivity index (χ1n) is 7.31. The van der Waals surface area contributed by atoms with Gasteiger partial charge in [0.2, 0.25) is 0 Å². The van der Waals surface area contributed by atoms with Gasteiger partial charge < -0.3 is 19.5 Å². The smallest absolute Gasteiger partial charge is 0.251 e. The Hall–Kier alpha value is -2.69. The summed E-state index contributed by atoms with van der Waals surface area (Å²) in [5.41, 5.74) is 1.68. The molecule has 0 aliphatic heterocycles. The number of amides is 1. The van der Waals surface area contributed by atoms with Crippen LogP contribution in [0, 0.1) is 0 Å². The van der Waals surface area contributed by atoms with Crippen molar-refractivity contribution in [3.8, 4) is 17.2 Å². The first-order chi connectivity index (χ1) is 11.2. The van der Waals surface area contributed by atoms with E-state index in [0.29, 0.717) is 30.0 Å². The average Bonchev–Trinajstić information content (AvgIpc) is 2.61. The van der Waals surface area contributed by atoms with Crippen LogP contribution in [0.5, 0.6) is 17.2 Å². The lowest BCUT2D eigenvalue weighted by molar-refractivity contribution is 0.0954. The summed E-state index contributed by atoms with van der Waals surface area (Å²) < 4.78 is 15.6. The molecule has 1 amide bonds. The Labute approximate surface area is 136 Å². The molecule has 0 spiro atoms. The second-order valence-electron chi connectivity index (χ2n) is 4.92. The lowest BCUT2D eigenvalue weighted by atomic mass is 10.1. The van der Waals surface area contributed by atoms with E-state index in [-0.39, 0.29) is 5.91 Å². The zero-order chi connectivity index (χ0) is 16.7. The van der Waals surface area contributed by atoms with Crippen molar-refractivity contribution in [2.75, 3.05) is 27.9 Å². The molecule has 0 aliphatic rings. The fourth-order valence-corrected chi connectivity index (χ4v) is 2.20. The van der Waals surface area contributed by atoms with E-state index in [1.807, 2.05) is 18.2 Å². The van der Waals surface area contributed by atoms with Gasteiger partial charge in [-0.05, 0) is 48.4 Å². The monoisotopic (exact) mass is 315 g/mol. The zero-order valence-electron chi connectivity index (χ0n) is 13.6. The molecule has 0 radical (unpaired) electrons. The molecule has 0 unspecified atom stereocenters. The van der Waals surface area contributed by atoms with E-state index in [1.54, 1.807) is 45.6 Å². The highest BCUT2D eigenvalue weighted by molar-refractivity contribution is 5.94. The molecule has 2 aromatic rings. The summed E-state index contributed by atoms with van der Waals surface area (Å²) in [6.45, 7) is 0.542. The lowest BCUT2D eigenvalue weighted by Gasteiger charge is -2.10. The van der Waals surface area contributed by atoms with Crippen molar-refractivity contribution in [1.82, 2.24) is 5.32 Å². The minimum absolute atomic E-state index is 0.104. The minimum atomic E-state index is -0.104. The van der Waals surface area contributed by atoms with E-state index < -0.39 is 0 Å². The number of carbonyl (C=O) groups is 1. The van der Waals surface area contributed by atoms with Crippen LogP contribution in [0.3, 0.4) is 0 Å². The summed E-state index contributed by atoms with van der Waals surface area (Å²) in [5, 5.41) is 2.90. The predicted molar refractivity (Wildman–Crippen MR) is 88.6 cm³/mol. The molecule has 0 heterocycles. The van der Waals surface area contributed by atoms with Gasteiger partial charge in [0, 0.05) is 12.1 Å². The second-order valence-corrected chi connectivity index (χ2v) is 4.92. The number of methoxy groups -OCH3 is 3. The van der Waals surface area contributed by atoms with Gasteiger partial charge in [-0.15, -0.1) is 0 Å². The van der Waals surface area contributed by atoms with E-state index in [0.717, 1.165) is 11.3 Å². The summed E-state index contributed by atoms with van der Waals surface area (Å²) in [4.78, 5) is 12.1. The van der Waals surface area contributed by atoms with Crippen LogP contribution < -0.4 is 19.5 Å². The molecule has 5 nitrogen and oxygen atoms in total. The highest BCUT2D eigenvalue weighted by Crippen LogP contribution is 2.27. The van der Waals surface area contributed by atoms with Crippen LogP contribution in [0.25, 0.3) is 0 Å². The van der Waals surface area contributed by atoms with Gasteiger partial charge in [0.25, 0.3) is 5.91 Å². The van der Waals surface area contributed by atoms with E-state index in [9.17, 15) is 4.79 Å². The van der Waals surface area contributed by atoms with Crippen LogP contribution in [-0.2, 0) is 6.42 Å². The molecule has 0 fully saturated rings. The van der Waals surface area contributed by atoms with Gasteiger partial charge >= 0.3 is 0 Å². The number of benzene rings is 2. The fourth-order valence-electron chi connectivity index (χ4n) is 2.20. The van der Waals surface area contributed by atoms with Crippen LogP contribution in [0.1, 0.15) is 15.9 Å². The molecule has 23 heavy (non-hydrogen) atoms. The van der Waals surface area contributed by atoms with Gasteiger partial charge in [-0.2, -0.15) is 0 Å². The van der Waals surface area contributed by atoms with Gasteiger partial charge in [-0.1, -0.05) is 6.07 Å². The number of ether oxygens (including phenoxy) is 3. The predicted octanol–water partition coefficient (Wildman–Crippen LogP) is 2.68. The molecule has 0 atom stereocenters. The van der Waals surface area contributed by atoms with Crippen molar-refractivity contribution in [3.63, 3.8) is 0 Å². The average molecular weight is 315 g/mol.